The van der Waals surface area contributed by atoms with E-state index in [1.54, 1.807) is 0 Å². The summed E-state index contributed by atoms with van der Waals surface area (Å²) < 4.78 is 11.4. The van der Waals surface area contributed by atoms with Crippen molar-refractivity contribution in [1.82, 2.24) is 0 Å². The average Bonchev–Trinajstić information content (AvgIpc) is 2.51. The van der Waals surface area contributed by atoms with Crippen LogP contribution in [0.5, 0.6) is 0 Å². The van der Waals surface area contributed by atoms with Gasteiger partial charge in [0.2, 0.25) is 0 Å². The van der Waals surface area contributed by atoms with Crippen LogP contribution >= 0.6 is 0 Å². The molecule has 1 saturated heterocycles. The summed E-state index contributed by atoms with van der Waals surface area (Å²) in [6, 6.07) is -0.580. The average molecular weight is 229 g/mol. The van der Waals surface area contributed by atoms with Gasteiger partial charge in [-0.05, 0) is 25.8 Å². The maximum Gasteiger partial charge on any atom is 0.163 e. The highest BCUT2D eigenvalue weighted by Crippen LogP contribution is 2.33. The Morgan fingerprint density at radius 2 is 2.19 bits per heavy atom. The summed E-state index contributed by atoms with van der Waals surface area (Å²) in [7, 11) is 0. The maximum absolute atomic E-state index is 9.17. The van der Waals surface area contributed by atoms with Gasteiger partial charge in [0, 0.05) is 4.91 Å². The van der Waals surface area contributed by atoms with E-state index in [4.69, 9.17) is 15.0 Å². The highest BCUT2D eigenvalue weighted by molar-refractivity contribution is 4.90. The van der Waals surface area contributed by atoms with Gasteiger partial charge in [-0.25, -0.2) is 0 Å². The van der Waals surface area contributed by atoms with Gasteiger partial charge in [0.15, 0.2) is 5.79 Å². The molecule has 6 nitrogen and oxygen atoms in total. The quantitative estimate of drug-likeness (QED) is 0.444. The number of hydrogen-bond acceptors (Lipinski definition) is 4. The lowest BCUT2D eigenvalue weighted by Crippen LogP contribution is -2.36. The summed E-state index contributed by atoms with van der Waals surface area (Å²) >= 11 is 0. The fourth-order valence-electron chi connectivity index (χ4n) is 1.97. The predicted molar refractivity (Wildman–Crippen MR) is 58.8 cm³/mol. The number of aliphatic hydroxyl groups excluding tert-OH is 1. The second-order valence-corrected chi connectivity index (χ2v) is 4.38. The van der Waals surface area contributed by atoms with E-state index in [1.807, 2.05) is 20.8 Å². The first-order valence-corrected chi connectivity index (χ1v) is 5.54. The van der Waals surface area contributed by atoms with Gasteiger partial charge in [-0.15, -0.1) is 0 Å². The third-order valence-electron chi connectivity index (χ3n) is 2.56. The van der Waals surface area contributed by atoms with Gasteiger partial charge >= 0.3 is 0 Å². The molecule has 6 heteroatoms. The zero-order valence-electron chi connectivity index (χ0n) is 9.96. The molecule has 0 aromatic carbocycles. The molecule has 92 valence electrons. The maximum atomic E-state index is 9.17. The summed E-state index contributed by atoms with van der Waals surface area (Å²) in [5, 5.41) is 12.7. The highest BCUT2D eigenvalue weighted by atomic mass is 16.8. The van der Waals surface area contributed by atoms with Crippen LogP contribution < -0.4 is 0 Å². The van der Waals surface area contributed by atoms with E-state index < -0.39 is 11.8 Å². The van der Waals surface area contributed by atoms with Crippen LogP contribution in [0.2, 0.25) is 0 Å². The monoisotopic (exact) mass is 229 g/mol. The molecule has 1 aliphatic heterocycles. The molecule has 1 heterocycles. The van der Waals surface area contributed by atoms with Crippen molar-refractivity contribution in [3.8, 4) is 0 Å². The Morgan fingerprint density at radius 1 is 1.50 bits per heavy atom. The van der Waals surface area contributed by atoms with E-state index in [9.17, 15) is 5.11 Å². The molecule has 0 unspecified atom stereocenters. The van der Waals surface area contributed by atoms with Crippen LogP contribution in [0.25, 0.3) is 10.4 Å². The van der Waals surface area contributed by atoms with Crippen molar-refractivity contribution >= 4 is 0 Å². The molecule has 3 atom stereocenters. The van der Waals surface area contributed by atoms with Crippen molar-refractivity contribution in [3.05, 3.63) is 10.4 Å². The van der Waals surface area contributed by atoms with Crippen LogP contribution in [0.4, 0.5) is 0 Å². The molecule has 0 spiro atoms. The summed E-state index contributed by atoms with van der Waals surface area (Å²) in [5.74, 6) is -0.678. The van der Waals surface area contributed by atoms with Crippen LogP contribution in [-0.2, 0) is 9.47 Å². The van der Waals surface area contributed by atoms with Gasteiger partial charge in [0.05, 0.1) is 24.9 Å². The first kappa shape index (κ1) is 13.3. The second-order valence-electron chi connectivity index (χ2n) is 4.38. The van der Waals surface area contributed by atoms with E-state index in [2.05, 4.69) is 10.0 Å². The van der Waals surface area contributed by atoms with Gasteiger partial charge in [-0.2, -0.15) is 0 Å². The normalized spacial score (nSPS) is 29.8. The largest absolute Gasteiger partial charge is 0.396 e. The standard InChI is InChI=1S/C10H19N3O3/c1-4-5-8-9(7(6-14)12-13-11)16-10(2,3)15-8/h7-9,14H,4-6H2,1-3H3/t7-,8+,9-/m0/s1. The Morgan fingerprint density at radius 3 is 2.69 bits per heavy atom. The third kappa shape index (κ3) is 3.09. The number of hydrogen-bond donors (Lipinski definition) is 1. The number of azide groups is 1. The second kappa shape index (κ2) is 5.50. The Hall–Kier alpha value is -0.810. The van der Waals surface area contributed by atoms with Crippen molar-refractivity contribution < 1.29 is 14.6 Å². The zero-order valence-corrected chi connectivity index (χ0v) is 9.96. The van der Waals surface area contributed by atoms with Crippen LogP contribution in [0.3, 0.4) is 0 Å². The van der Waals surface area contributed by atoms with Crippen LogP contribution in [-0.4, -0.2) is 35.8 Å². The fourth-order valence-corrected chi connectivity index (χ4v) is 1.97. The SMILES string of the molecule is CCC[C@H]1OC(C)(C)O[C@H]1[C@H](CO)N=[N+]=[N-]. The van der Waals surface area contributed by atoms with E-state index in [0.717, 1.165) is 12.8 Å². The summed E-state index contributed by atoms with van der Waals surface area (Å²) in [4.78, 5) is 2.72. The smallest absolute Gasteiger partial charge is 0.163 e. The Balaban J connectivity index is 2.78. The van der Waals surface area contributed by atoms with Crippen molar-refractivity contribution in [2.75, 3.05) is 6.61 Å². The molecular weight excluding hydrogens is 210 g/mol. The molecule has 0 radical (unpaired) electrons. The van der Waals surface area contributed by atoms with E-state index in [-0.39, 0.29) is 18.8 Å². The Bertz CT molecular complexity index is 276. The molecule has 1 fully saturated rings. The number of aliphatic hydroxyl groups is 1. The third-order valence-corrected chi connectivity index (χ3v) is 2.56. The lowest BCUT2D eigenvalue weighted by atomic mass is 10.0. The molecule has 1 rings (SSSR count). The molecule has 1 N–H and O–H groups in total. The van der Waals surface area contributed by atoms with E-state index in [1.165, 1.54) is 0 Å². The Kier molecular flexibility index (Phi) is 4.56. The topological polar surface area (TPSA) is 87.5 Å². The number of ether oxygens (including phenoxy) is 2. The van der Waals surface area contributed by atoms with Crippen molar-refractivity contribution in [2.24, 2.45) is 5.11 Å². The molecule has 0 aromatic rings. The zero-order chi connectivity index (χ0) is 12.2. The van der Waals surface area contributed by atoms with E-state index in [0.29, 0.717) is 0 Å². The van der Waals surface area contributed by atoms with Crippen LogP contribution in [0.1, 0.15) is 33.6 Å². The molecule has 0 saturated carbocycles. The molecular formula is C10H19N3O3. The minimum atomic E-state index is -0.678. The number of nitrogens with zero attached hydrogens (tertiary/aromatic N) is 3. The van der Waals surface area contributed by atoms with Gasteiger partial charge in [0.1, 0.15) is 0 Å². The minimum Gasteiger partial charge on any atom is -0.396 e. The lowest BCUT2D eigenvalue weighted by Gasteiger charge is -2.20. The molecule has 0 bridgehead atoms. The number of rotatable bonds is 5. The lowest BCUT2D eigenvalue weighted by molar-refractivity contribution is -0.148. The first-order chi connectivity index (χ1) is 7.54. The van der Waals surface area contributed by atoms with Gasteiger partial charge < -0.3 is 14.6 Å². The van der Waals surface area contributed by atoms with Crippen molar-refractivity contribution in [2.45, 2.75) is 57.6 Å². The van der Waals surface area contributed by atoms with Crippen molar-refractivity contribution in [1.29, 1.82) is 0 Å². The van der Waals surface area contributed by atoms with E-state index >= 15 is 0 Å². The molecule has 16 heavy (non-hydrogen) atoms. The molecule has 0 amide bonds. The molecule has 1 aliphatic rings. The fraction of sp³-hybridized carbons (Fsp3) is 1.00. The Labute approximate surface area is 95.2 Å². The van der Waals surface area contributed by atoms with Crippen molar-refractivity contribution in [3.63, 3.8) is 0 Å². The first-order valence-electron chi connectivity index (χ1n) is 5.54. The molecule has 0 aliphatic carbocycles. The van der Waals surface area contributed by atoms with Gasteiger partial charge in [-0.3, -0.25) is 0 Å². The van der Waals surface area contributed by atoms with Crippen LogP contribution in [0, 0.1) is 0 Å². The minimum absolute atomic E-state index is 0.123. The van der Waals surface area contributed by atoms with Gasteiger partial charge in [-0.1, -0.05) is 18.5 Å². The summed E-state index contributed by atoms with van der Waals surface area (Å²) in [6.45, 7) is 5.46. The summed E-state index contributed by atoms with van der Waals surface area (Å²) in [5.41, 5.74) is 8.43. The van der Waals surface area contributed by atoms with Gasteiger partial charge in [0.25, 0.3) is 0 Å². The highest BCUT2D eigenvalue weighted by Gasteiger charge is 2.44. The summed E-state index contributed by atoms with van der Waals surface area (Å²) in [6.07, 6.45) is 1.29. The molecule has 0 aromatic heterocycles. The van der Waals surface area contributed by atoms with Crippen LogP contribution in [0.15, 0.2) is 5.11 Å². The predicted octanol–water partition coefficient (Wildman–Crippen LogP) is 1.98.